The second-order valence-electron chi connectivity index (χ2n) is 6.63. The first kappa shape index (κ1) is 16.2. The number of rotatable bonds is 3. The van der Waals surface area contributed by atoms with Gasteiger partial charge >= 0.3 is 0 Å². The van der Waals surface area contributed by atoms with Gasteiger partial charge in [-0.05, 0) is 55.8 Å². The van der Waals surface area contributed by atoms with E-state index in [1.165, 1.54) is 0 Å². The fourth-order valence-electron chi connectivity index (χ4n) is 3.74. The maximum absolute atomic E-state index is 11.6. The van der Waals surface area contributed by atoms with E-state index in [9.17, 15) is 5.11 Å². The van der Waals surface area contributed by atoms with E-state index in [0.29, 0.717) is 16.9 Å². The van der Waals surface area contributed by atoms with Crippen LogP contribution in [0.2, 0.25) is 0 Å². The quantitative estimate of drug-likeness (QED) is 0.589. The van der Waals surface area contributed by atoms with Crippen molar-refractivity contribution in [3.8, 4) is 11.8 Å². The third-order valence-corrected chi connectivity index (χ3v) is 4.99. The Morgan fingerprint density at radius 1 is 1.23 bits per heavy atom. The van der Waals surface area contributed by atoms with E-state index in [1.54, 1.807) is 20.1 Å². The first-order chi connectivity index (χ1) is 12.5. The highest BCUT2D eigenvalue weighted by Crippen LogP contribution is 2.40. The zero-order chi connectivity index (χ0) is 18.5. The van der Waals surface area contributed by atoms with E-state index in [2.05, 4.69) is 11.1 Å². The molecule has 26 heavy (non-hydrogen) atoms. The van der Waals surface area contributed by atoms with Crippen molar-refractivity contribution in [3.63, 3.8) is 0 Å². The maximum Gasteiger partial charge on any atom is 0.169 e. The number of H-pyrrole nitrogens is 1. The van der Waals surface area contributed by atoms with Crippen LogP contribution in [0, 0.1) is 18.3 Å². The Kier molecular flexibility index (Phi) is 3.53. The van der Waals surface area contributed by atoms with Gasteiger partial charge in [0.05, 0.1) is 29.8 Å². The van der Waals surface area contributed by atoms with Crippen molar-refractivity contribution in [1.29, 1.82) is 5.26 Å². The minimum absolute atomic E-state index is 0.593. The van der Waals surface area contributed by atoms with Crippen molar-refractivity contribution >= 4 is 21.8 Å². The van der Waals surface area contributed by atoms with E-state index in [0.717, 1.165) is 27.4 Å². The molecular formula is C21H19N3O2. The number of aryl methyl sites for hydroxylation is 1. The van der Waals surface area contributed by atoms with Crippen molar-refractivity contribution in [2.45, 2.75) is 19.6 Å². The summed E-state index contributed by atoms with van der Waals surface area (Å²) in [4.78, 5) is 3.24. The van der Waals surface area contributed by atoms with Crippen molar-refractivity contribution in [2.75, 3.05) is 7.11 Å². The van der Waals surface area contributed by atoms with Gasteiger partial charge in [-0.3, -0.25) is 0 Å². The molecule has 1 unspecified atom stereocenters. The molecule has 0 fully saturated rings. The summed E-state index contributed by atoms with van der Waals surface area (Å²) in [6.45, 7) is 3.76. The van der Waals surface area contributed by atoms with Crippen LogP contribution in [0.4, 0.5) is 0 Å². The second-order valence-corrected chi connectivity index (χ2v) is 6.63. The van der Waals surface area contributed by atoms with Crippen LogP contribution in [0.3, 0.4) is 0 Å². The van der Waals surface area contributed by atoms with Gasteiger partial charge < -0.3 is 19.4 Å². The number of hydrogen-bond acceptors (Lipinski definition) is 3. The summed E-state index contributed by atoms with van der Waals surface area (Å²) in [5.74, 6) is 0.634. The third-order valence-electron chi connectivity index (χ3n) is 4.99. The van der Waals surface area contributed by atoms with Crippen molar-refractivity contribution in [2.24, 2.45) is 0 Å². The number of fused-ring (bicyclic) bond motifs is 2. The summed E-state index contributed by atoms with van der Waals surface area (Å²) in [6.07, 6.45) is 3.70. The van der Waals surface area contributed by atoms with E-state index in [1.807, 2.05) is 54.2 Å². The van der Waals surface area contributed by atoms with Crippen molar-refractivity contribution < 1.29 is 9.84 Å². The molecule has 1 atom stereocenters. The molecule has 0 saturated carbocycles. The van der Waals surface area contributed by atoms with Crippen LogP contribution < -0.4 is 4.74 Å². The molecule has 130 valence electrons. The number of aliphatic hydroxyl groups is 1. The molecule has 0 aliphatic carbocycles. The smallest absolute Gasteiger partial charge is 0.169 e. The molecule has 0 amide bonds. The van der Waals surface area contributed by atoms with Gasteiger partial charge in [0.25, 0.3) is 0 Å². The monoisotopic (exact) mass is 345 g/mol. The molecule has 0 aliphatic heterocycles. The van der Waals surface area contributed by atoms with Gasteiger partial charge in [-0.2, -0.15) is 5.26 Å². The second kappa shape index (κ2) is 5.65. The molecule has 5 heteroatoms. The van der Waals surface area contributed by atoms with Gasteiger partial charge in [0, 0.05) is 28.7 Å². The van der Waals surface area contributed by atoms with Crippen LogP contribution in [0.1, 0.15) is 23.6 Å². The average molecular weight is 345 g/mol. The summed E-state index contributed by atoms with van der Waals surface area (Å²) in [7, 11) is 1.61. The predicted molar refractivity (Wildman–Crippen MR) is 101 cm³/mol. The standard InChI is InChI=1S/C21H19N3O2/c1-13-10-18(26-3)19(16-6-8-23-20(13)16)21(2,25)24-9-7-15-11-14(12-22)4-5-17(15)24/h4-11,23,25H,1-3H3. The van der Waals surface area contributed by atoms with Gasteiger partial charge in [-0.1, -0.05) is 0 Å². The maximum atomic E-state index is 11.6. The summed E-state index contributed by atoms with van der Waals surface area (Å²) < 4.78 is 7.41. The number of nitriles is 1. The number of nitrogens with one attached hydrogen (secondary N) is 1. The highest BCUT2D eigenvalue weighted by Gasteiger charge is 2.32. The minimum atomic E-state index is -1.34. The van der Waals surface area contributed by atoms with Gasteiger partial charge in [0.1, 0.15) is 5.75 Å². The van der Waals surface area contributed by atoms with E-state index in [-0.39, 0.29) is 0 Å². The number of aromatic nitrogens is 2. The van der Waals surface area contributed by atoms with Crippen LogP contribution >= 0.6 is 0 Å². The Hall–Kier alpha value is -3.23. The van der Waals surface area contributed by atoms with Crippen LogP contribution in [0.15, 0.2) is 48.8 Å². The molecule has 0 aliphatic rings. The number of hydrogen-bond donors (Lipinski definition) is 2. The van der Waals surface area contributed by atoms with Crippen LogP contribution in [-0.4, -0.2) is 21.8 Å². The van der Waals surface area contributed by atoms with E-state index in [4.69, 9.17) is 10.00 Å². The Labute approximate surface area is 151 Å². The molecule has 4 rings (SSSR count). The number of ether oxygens (including phenoxy) is 1. The molecule has 0 saturated heterocycles. The molecule has 2 N–H and O–H groups in total. The Morgan fingerprint density at radius 3 is 2.77 bits per heavy atom. The average Bonchev–Trinajstić information content (AvgIpc) is 3.27. The van der Waals surface area contributed by atoms with Crippen molar-refractivity contribution in [3.05, 3.63) is 65.5 Å². The van der Waals surface area contributed by atoms with Crippen LogP contribution in [0.5, 0.6) is 5.75 Å². The molecule has 5 nitrogen and oxygen atoms in total. The summed E-state index contributed by atoms with van der Waals surface area (Å²) in [5.41, 5.74) is 2.83. The fourth-order valence-corrected chi connectivity index (χ4v) is 3.74. The Balaban J connectivity index is 2.01. The van der Waals surface area contributed by atoms with Crippen LogP contribution in [-0.2, 0) is 5.72 Å². The third kappa shape index (κ3) is 2.20. The van der Waals surface area contributed by atoms with Crippen molar-refractivity contribution in [1.82, 2.24) is 9.55 Å². The minimum Gasteiger partial charge on any atom is -0.496 e. The first-order valence-electron chi connectivity index (χ1n) is 8.36. The molecule has 0 bridgehead atoms. The number of aromatic amines is 1. The van der Waals surface area contributed by atoms with E-state index >= 15 is 0 Å². The fraction of sp³-hybridized carbons (Fsp3) is 0.190. The van der Waals surface area contributed by atoms with Gasteiger partial charge in [-0.15, -0.1) is 0 Å². The van der Waals surface area contributed by atoms with Gasteiger partial charge in [0.2, 0.25) is 0 Å². The predicted octanol–water partition coefficient (Wildman–Crippen LogP) is 4.02. The van der Waals surface area contributed by atoms with Gasteiger partial charge in [-0.25, -0.2) is 0 Å². The summed E-state index contributed by atoms with van der Waals surface area (Å²) in [5, 5.41) is 22.5. The van der Waals surface area contributed by atoms with E-state index < -0.39 is 5.72 Å². The highest BCUT2D eigenvalue weighted by molar-refractivity contribution is 5.89. The zero-order valence-corrected chi connectivity index (χ0v) is 14.9. The normalized spacial score (nSPS) is 13.7. The summed E-state index contributed by atoms with van der Waals surface area (Å²) in [6, 6.07) is 13.4. The van der Waals surface area contributed by atoms with Gasteiger partial charge in [0.15, 0.2) is 5.72 Å². The lowest BCUT2D eigenvalue weighted by molar-refractivity contribution is 0.0291. The first-order valence-corrected chi connectivity index (χ1v) is 8.36. The Morgan fingerprint density at radius 2 is 2.04 bits per heavy atom. The molecule has 0 spiro atoms. The highest BCUT2D eigenvalue weighted by atomic mass is 16.5. The number of methoxy groups -OCH3 is 1. The lowest BCUT2D eigenvalue weighted by Crippen LogP contribution is -2.31. The molecule has 2 aromatic heterocycles. The van der Waals surface area contributed by atoms with Crippen LogP contribution in [0.25, 0.3) is 21.8 Å². The lowest BCUT2D eigenvalue weighted by atomic mass is 9.96. The molecule has 4 aromatic rings. The molecule has 0 radical (unpaired) electrons. The Bertz CT molecular complexity index is 1180. The zero-order valence-electron chi connectivity index (χ0n) is 14.9. The lowest BCUT2D eigenvalue weighted by Gasteiger charge is -2.30. The molecular weight excluding hydrogens is 326 g/mol. The SMILES string of the molecule is COc1cc(C)c2[nH]ccc2c1C(C)(O)n1ccc2cc(C#N)ccc21. The number of nitrogens with zero attached hydrogens (tertiary/aromatic N) is 2. The topological polar surface area (TPSA) is 74.0 Å². The number of benzene rings is 2. The molecule has 2 aromatic carbocycles. The summed E-state index contributed by atoms with van der Waals surface area (Å²) >= 11 is 0. The largest absolute Gasteiger partial charge is 0.496 e. The molecule has 2 heterocycles.